The maximum Gasteiger partial charge on any atom is 0.181 e. The van der Waals surface area contributed by atoms with E-state index in [1.807, 2.05) is 12.1 Å². The quantitative estimate of drug-likeness (QED) is 0.671. The van der Waals surface area contributed by atoms with Gasteiger partial charge in [-0.15, -0.1) is 0 Å². The van der Waals surface area contributed by atoms with Gasteiger partial charge in [0.25, 0.3) is 0 Å². The van der Waals surface area contributed by atoms with Crippen LogP contribution in [0.3, 0.4) is 0 Å². The number of aromatic nitrogens is 3. The van der Waals surface area contributed by atoms with Crippen LogP contribution in [0.25, 0.3) is 22.6 Å². The van der Waals surface area contributed by atoms with Crippen LogP contribution in [0.1, 0.15) is 0 Å². The van der Waals surface area contributed by atoms with Crippen LogP contribution < -0.4 is 0 Å². The standard InChI is InChI=1S/C12H8ClN3O/c13-9-5-2-1-4-8(9)12-15-11-10(16(12)17)6-3-7-14-11/h1-7,17H. The second-order valence-electron chi connectivity index (χ2n) is 3.57. The second-order valence-corrected chi connectivity index (χ2v) is 3.98. The molecule has 0 spiro atoms. The highest BCUT2D eigenvalue weighted by Gasteiger charge is 2.14. The highest BCUT2D eigenvalue weighted by Crippen LogP contribution is 2.28. The van der Waals surface area contributed by atoms with Crippen LogP contribution in [0.2, 0.25) is 5.02 Å². The summed E-state index contributed by atoms with van der Waals surface area (Å²) in [5, 5.41) is 10.6. The molecule has 17 heavy (non-hydrogen) atoms. The summed E-state index contributed by atoms with van der Waals surface area (Å²) in [7, 11) is 0. The molecule has 84 valence electrons. The highest BCUT2D eigenvalue weighted by atomic mass is 35.5. The summed E-state index contributed by atoms with van der Waals surface area (Å²) in [4.78, 5) is 8.34. The molecule has 1 aromatic carbocycles. The number of hydrogen-bond donors (Lipinski definition) is 1. The van der Waals surface area contributed by atoms with Crippen LogP contribution in [-0.4, -0.2) is 19.9 Å². The summed E-state index contributed by atoms with van der Waals surface area (Å²) >= 11 is 6.07. The Morgan fingerprint density at radius 2 is 1.94 bits per heavy atom. The summed E-state index contributed by atoms with van der Waals surface area (Å²) in [5.41, 5.74) is 1.72. The molecule has 0 radical (unpaired) electrons. The van der Waals surface area contributed by atoms with Crippen LogP contribution in [0.15, 0.2) is 42.6 Å². The van der Waals surface area contributed by atoms with Crippen molar-refractivity contribution in [3.8, 4) is 11.4 Å². The largest absolute Gasteiger partial charge is 0.426 e. The molecular formula is C12H8ClN3O. The Morgan fingerprint density at radius 1 is 1.12 bits per heavy atom. The molecule has 0 amide bonds. The van der Waals surface area contributed by atoms with Gasteiger partial charge in [0.1, 0.15) is 5.52 Å². The van der Waals surface area contributed by atoms with Crippen LogP contribution in [-0.2, 0) is 0 Å². The van der Waals surface area contributed by atoms with E-state index in [1.54, 1.807) is 30.5 Å². The number of fused-ring (bicyclic) bond motifs is 1. The molecule has 0 aliphatic carbocycles. The molecule has 4 nitrogen and oxygen atoms in total. The highest BCUT2D eigenvalue weighted by molar-refractivity contribution is 6.33. The Kier molecular flexibility index (Phi) is 2.23. The van der Waals surface area contributed by atoms with Crippen molar-refractivity contribution < 1.29 is 5.21 Å². The fourth-order valence-electron chi connectivity index (χ4n) is 1.72. The third kappa shape index (κ3) is 1.54. The van der Waals surface area contributed by atoms with Crippen LogP contribution in [0, 0.1) is 0 Å². The number of benzene rings is 1. The van der Waals surface area contributed by atoms with Crippen LogP contribution in [0.5, 0.6) is 0 Å². The van der Waals surface area contributed by atoms with E-state index < -0.39 is 0 Å². The fourth-order valence-corrected chi connectivity index (χ4v) is 1.94. The SMILES string of the molecule is On1c(-c2ccccc2Cl)nc2ncccc21. The summed E-state index contributed by atoms with van der Waals surface area (Å²) in [6, 6.07) is 10.7. The van der Waals surface area contributed by atoms with E-state index in [0.29, 0.717) is 27.6 Å². The molecule has 0 saturated heterocycles. The average molecular weight is 246 g/mol. The molecule has 2 heterocycles. The van der Waals surface area contributed by atoms with Gasteiger partial charge in [-0.25, -0.2) is 9.97 Å². The van der Waals surface area contributed by atoms with Gasteiger partial charge in [0.05, 0.1) is 5.02 Å². The monoisotopic (exact) mass is 245 g/mol. The first-order valence-corrected chi connectivity index (χ1v) is 5.43. The summed E-state index contributed by atoms with van der Waals surface area (Å²) in [6.45, 7) is 0. The minimum atomic E-state index is 0.393. The topological polar surface area (TPSA) is 50.9 Å². The number of rotatable bonds is 1. The predicted octanol–water partition coefficient (Wildman–Crippen LogP) is 2.99. The number of imidazole rings is 1. The molecular weight excluding hydrogens is 238 g/mol. The first-order chi connectivity index (χ1) is 8.27. The van der Waals surface area contributed by atoms with Gasteiger partial charge in [-0.05, 0) is 24.3 Å². The Bertz CT molecular complexity index is 693. The zero-order valence-electron chi connectivity index (χ0n) is 8.71. The molecule has 2 aromatic heterocycles. The minimum absolute atomic E-state index is 0.393. The summed E-state index contributed by atoms with van der Waals surface area (Å²) in [6.07, 6.45) is 1.63. The van der Waals surface area contributed by atoms with Gasteiger partial charge >= 0.3 is 0 Å². The van der Waals surface area contributed by atoms with Gasteiger partial charge in [0, 0.05) is 11.8 Å². The summed E-state index contributed by atoms with van der Waals surface area (Å²) < 4.78 is 1.00. The smallest absolute Gasteiger partial charge is 0.181 e. The van der Waals surface area contributed by atoms with Crippen molar-refractivity contribution in [2.24, 2.45) is 0 Å². The zero-order chi connectivity index (χ0) is 11.8. The lowest BCUT2D eigenvalue weighted by molar-refractivity contribution is 0.203. The Hall–Kier alpha value is -2.07. The van der Waals surface area contributed by atoms with Gasteiger partial charge in [-0.3, -0.25) is 0 Å². The van der Waals surface area contributed by atoms with Crippen LogP contribution >= 0.6 is 11.6 Å². The molecule has 0 fully saturated rings. The molecule has 0 aliphatic rings. The van der Waals surface area contributed by atoms with E-state index >= 15 is 0 Å². The molecule has 3 rings (SSSR count). The van der Waals surface area contributed by atoms with Crippen molar-refractivity contribution in [1.29, 1.82) is 0 Å². The van der Waals surface area contributed by atoms with Gasteiger partial charge < -0.3 is 5.21 Å². The average Bonchev–Trinajstić information content (AvgIpc) is 2.68. The first kappa shape index (κ1) is 10.1. The number of hydrogen-bond acceptors (Lipinski definition) is 3. The third-order valence-corrected chi connectivity index (χ3v) is 2.85. The molecule has 0 aliphatic heterocycles. The Labute approximate surface area is 102 Å². The van der Waals surface area contributed by atoms with Gasteiger partial charge in [-0.1, -0.05) is 23.7 Å². The van der Waals surface area contributed by atoms with Gasteiger partial charge in [0.2, 0.25) is 0 Å². The van der Waals surface area contributed by atoms with Gasteiger partial charge in [-0.2, -0.15) is 4.73 Å². The Balaban J connectivity index is 2.32. The normalized spacial score (nSPS) is 10.9. The van der Waals surface area contributed by atoms with Crippen molar-refractivity contribution in [3.05, 3.63) is 47.6 Å². The zero-order valence-corrected chi connectivity index (χ0v) is 9.46. The number of nitrogens with zero attached hydrogens (tertiary/aromatic N) is 3. The molecule has 5 heteroatoms. The second kappa shape index (κ2) is 3.75. The molecule has 3 aromatic rings. The maximum absolute atomic E-state index is 10.0. The van der Waals surface area contributed by atoms with Crippen molar-refractivity contribution >= 4 is 22.8 Å². The summed E-state index contributed by atoms with van der Waals surface area (Å²) in [5.74, 6) is 0.393. The molecule has 0 saturated carbocycles. The van der Waals surface area contributed by atoms with Crippen molar-refractivity contribution in [3.63, 3.8) is 0 Å². The van der Waals surface area contributed by atoms with E-state index in [-0.39, 0.29) is 0 Å². The van der Waals surface area contributed by atoms with Gasteiger partial charge in [0.15, 0.2) is 11.5 Å². The lowest BCUT2D eigenvalue weighted by Crippen LogP contribution is -1.94. The van der Waals surface area contributed by atoms with E-state index in [1.165, 1.54) is 0 Å². The lowest BCUT2D eigenvalue weighted by atomic mass is 10.2. The van der Waals surface area contributed by atoms with E-state index in [9.17, 15) is 5.21 Å². The fraction of sp³-hybridized carbons (Fsp3) is 0. The van der Waals surface area contributed by atoms with Crippen molar-refractivity contribution in [2.75, 3.05) is 0 Å². The third-order valence-electron chi connectivity index (χ3n) is 2.52. The Morgan fingerprint density at radius 3 is 2.71 bits per heavy atom. The maximum atomic E-state index is 10.0. The number of halogens is 1. The molecule has 0 unspecified atom stereocenters. The van der Waals surface area contributed by atoms with E-state index in [2.05, 4.69) is 9.97 Å². The number of pyridine rings is 1. The van der Waals surface area contributed by atoms with Crippen molar-refractivity contribution in [1.82, 2.24) is 14.7 Å². The first-order valence-electron chi connectivity index (χ1n) is 5.05. The predicted molar refractivity (Wildman–Crippen MR) is 65.2 cm³/mol. The molecule has 1 N–H and O–H groups in total. The van der Waals surface area contributed by atoms with Crippen molar-refractivity contribution in [2.45, 2.75) is 0 Å². The van der Waals surface area contributed by atoms with E-state index in [4.69, 9.17) is 11.6 Å². The lowest BCUT2D eigenvalue weighted by Gasteiger charge is -2.02. The van der Waals surface area contributed by atoms with Crippen LogP contribution in [0.4, 0.5) is 0 Å². The molecule has 0 atom stereocenters. The minimum Gasteiger partial charge on any atom is -0.426 e. The molecule has 0 bridgehead atoms. The van der Waals surface area contributed by atoms with E-state index in [0.717, 1.165) is 4.73 Å².